The number of fused-ring (bicyclic) bond motifs is 1. The van der Waals surface area contributed by atoms with Crippen molar-refractivity contribution in [2.75, 3.05) is 52.2 Å². The molecular weight excluding hydrogens is 409 g/mol. The molecule has 2 aliphatic rings. The van der Waals surface area contributed by atoms with Crippen molar-refractivity contribution in [3.05, 3.63) is 42.3 Å². The number of carbonyl (C=O) groups excluding carboxylic acids is 1. The molecule has 2 N–H and O–H groups in total. The summed E-state index contributed by atoms with van der Waals surface area (Å²) in [6, 6.07) is 8.38. The highest BCUT2D eigenvalue weighted by Crippen LogP contribution is 2.40. The third-order valence-corrected chi connectivity index (χ3v) is 6.60. The minimum absolute atomic E-state index is 0.0264. The monoisotopic (exact) mass is 437 g/mol. The average molecular weight is 438 g/mol. The number of benzene rings is 1. The number of carbonyl (C=O) groups is 1. The minimum atomic E-state index is -0.359. The highest BCUT2D eigenvalue weighted by molar-refractivity contribution is 5.98. The smallest absolute Gasteiger partial charge is 0.228 e. The number of rotatable bonds is 6. The Bertz CT molecular complexity index is 1140. The molecule has 1 saturated heterocycles. The number of pyridine rings is 1. The van der Waals surface area contributed by atoms with Gasteiger partial charge in [-0.3, -0.25) is 4.79 Å². The number of nitrogens with one attached hydrogen (secondary N) is 2. The Morgan fingerprint density at radius 3 is 2.84 bits per heavy atom. The molecule has 8 heteroatoms. The Balaban J connectivity index is 1.26. The summed E-state index contributed by atoms with van der Waals surface area (Å²) in [6.45, 7) is 5.31. The fourth-order valence-corrected chi connectivity index (χ4v) is 4.57. The van der Waals surface area contributed by atoms with Crippen LogP contribution in [-0.4, -0.2) is 72.6 Å². The van der Waals surface area contributed by atoms with Crippen LogP contribution in [0.1, 0.15) is 6.42 Å². The van der Waals surface area contributed by atoms with Gasteiger partial charge in [-0.15, -0.1) is 0 Å². The van der Waals surface area contributed by atoms with Gasteiger partial charge in [0.15, 0.2) is 0 Å². The van der Waals surface area contributed by atoms with Crippen molar-refractivity contribution >= 4 is 22.8 Å². The zero-order valence-electron chi connectivity index (χ0n) is 18.4. The zero-order chi connectivity index (χ0) is 22.2. The molecule has 0 unspecified atom stereocenters. The molecule has 2 aromatic heterocycles. The summed E-state index contributed by atoms with van der Waals surface area (Å²) in [7, 11) is 3.67. The van der Waals surface area contributed by atoms with Crippen molar-refractivity contribution < 1.29 is 13.9 Å². The van der Waals surface area contributed by atoms with E-state index in [9.17, 15) is 9.18 Å². The lowest BCUT2D eigenvalue weighted by atomic mass is 10.0. The highest BCUT2D eigenvalue weighted by Gasteiger charge is 2.44. The van der Waals surface area contributed by atoms with Gasteiger partial charge < -0.3 is 24.8 Å². The molecule has 0 spiro atoms. The number of halogens is 1. The van der Waals surface area contributed by atoms with Crippen LogP contribution >= 0.6 is 0 Å². The van der Waals surface area contributed by atoms with Crippen LogP contribution in [0.4, 0.5) is 10.2 Å². The van der Waals surface area contributed by atoms with Gasteiger partial charge in [-0.2, -0.15) is 0 Å². The Hall–Kier alpha value is -2.97. The van der Waals surface area contributed by atoms with Gasteiger partial charge in [0, 0.05) is 55.8 Å². The SMILES string of the molecule is COc1cccc(F)c1-c1c[nH]c2nc(NC(=O)[C@@H]3C[C@H]3CN3CCN(C)CC3)ccc12. The Kier molecular flexibility index (Phi) is 5.57. The molecule has 1 aliphatic carbocycles. The number of likely N-dealkylation sites (N-methyl/N-ethyl adjacent to an activating group) is 1. The van der Waals surface area contributed by atoms with Crippen LogP contribution in [0.25, 0.3) is 22.2 Å². The van der Waals surface area contributed by atoms with Gasteiger partial charge in [0.05, 0.1) is 12.7 Å². The molecule has 2 atom stereocenters. The number of ether oxygens (including phenoxy) is 1. The largest absolute Gasteiger partial charge is 0.496 e. The lowest BCUT2D eigenvalue weighted by Crippen LogP contribution is -2.45. The second-order valence-electron chi connectivity index (χ2n) is 8.81. The molecule has 0 bridgehead atoms. The van der Waals surface area contributed by atoms with Crippen LogP contribution in [0.15, 0.2) is 36.5 Å². The standard InChI is InChI=1S/C24H28FN5O2/c1-29-8-10-30(11-9-29)14-15-12-17(15)24(31)28-21-7-6-16-18(13-26-23(16)27-21)22-19(25)4-3-5-20(22)32-2/h3-7,13,15,17H,8-12,14H2,1-2H3,(H2,26,27,28,31)/t15-,17+/m0/s1. The van der Waals surface area contributed by atoms with Gasteiger partial charge in [0.25, 0.3) is 0 Å². The van der Waals surface area contributed by atoms with Crippen molar-refractivity contribution in [3.63, 3.8) is 0 Å². The fourth-order valence-electron chi connectivity index (χ4n) is 4.57. The maximum Gasteiger partial charge on any atom is 0.228 e. The third kappa shape index (κ3) is 4.08. The number of aromatic amines is 1. The van der Waals surface area contributed by atoms with Gasteiger partial charge in [0.2, 0.25) is 5.91 Å². The first-order chi connectivity index (χ1) is 15.5. The number of amides is 1. The minimum Gasteiger partial charge on any atom is -0.496 e. The highest BCUT2D eigenvalue weighted by atomic mass is 19.1. The van der Waals surface area contributed by atoms with Crippen LogP contribution in [0.5, 0.6) is 5.75 Å². The van der Waals surface area contributed by atoms with Crippen molar-refractivity contribution in [2.24, 2.45) is 11.8 Å². The van der Waals surface area contributed by atoms with E-state index in [0.29, 0.717) is 34.3 Å². The van der Waals surface area contributed by atoms with Crippen LogP contribution in [0, 0.1) is 17.7 Å². The number of anilines is 1. The number of piperazine rings is 1. The van der Waals surface area contributed by atoms with Crippen LogP contribution in [0.2, 0.25) is 0 Å². The second kappa shape index (κ2) is 8.52. The van der Waals surface area contributed by atoms with Crippen LogP contribution in [0.3, 0.4) is 0 Å². The summed E-state index contributed by atoms with van der Waals surface area (Å²) in [4.78, 5) is 25.1. The summed E-state index contributed by atoms with van der Waals surface area (Å²) in [5.74, 6) is 1.10. The normalized spacial score (nSPS) is 21.6. The van der Waals surface area contributed by atoms with Crippen LogP contribution in [-0.2, 0) is 4.79 Å². The lowest BCUT2D eigenvalue weighted by Gasteiger charge is -2.32. The molecular formula is C24H28FN5O2. The number of nitrogens with zero attached hydrogens (tertiary/aromatic N) is 3. The molecule has 32 heavy (non-hydrogen) atoms. The second-order valence-corrected chi connectivity index (χ2v) is 8.81. The van der Waals surface area contributed by atoms with Crippen LogP contribution < -0.4 is 10.1 Å². The van der Waals surface area contributed by atoms with Crippen molar-refractivity contribution in [2.45, 2.75) is 6.42 Å². The first-order valence-electron chi connectivity index (χ1n) is 11.1. The van der Waals surface area contributed by atoms with E-state index in [1.54, 1.807) is 24.4 Å². The zero-order valence-corrected chi connectivity index (χ0v) is 18.4. The van der Waals surface area contributed by atoms with E-state index in [1.165, 1.54) is 13.2 Å². The van der Waals surface area contributed by atoms with Crippen molar-refractivity contribution in [1.82, 2.24) is 19.8 Å². The molecule has 1 aromatic carbocycles. The Labute approximate surface area is 186 Å². The number of aromatic nitrogens is 2. The number of H-pyrrole nitrogens is 1. The van der Waals surface area contributed by atoms with Gasteiger partial charge in [-0.1, -0.05) is 6.07 Å². The fraction of sp³-hybridized carbons (Fsp3) is 0.417. The first kappa shape index (κ1) is 20.9. The van der Waals surface area contributed by atoms with Crippen molar-refractivity contribution in [3.8, 4) is 16.9 Å². The summed E-state index contributed by atoms with van der Waals surface area (Å²) in [5, 5.41) is 3.73. The number of hydrogen-bond acceptors (Lipinski definition) is 5. The molecule has 168 valence electrons. The summed E-state index contributed by atoms with van der Waals surface area (Å²) in [6.07, 6.45) is 2.65. The number of methoxy groups -OCH3 is 1. The molecule has 1 aliphatic heterocycles. The number of hydrogen-bond donors (Lipinski definition) is 2. The first-order valence-corrected chi connectivity index (χ1v) is 11.1. The molecule has 0 radical (unpaired) electrons. The van der Waals surface area contributed by atoms with E-state index in [-0.39, 0.29) is 17.6 Å². The molecule has 7 nitrogen and oxygen atoms in total. The van der Waals surface area contributed by atoms with E-state index in [2.05, 4.69) is 32.1 Å². The maximum atomic E-state index is 14.5. The summed E-state index contributed by atoms with van der Waals surface area (Å²) >= 11 is 0. The molecule has 3 heterocycles. The van der Waals surface area contributed by atoms with Crippen molar-refractivity contribution in [1.29, 1.82) is 0 Å². The van der Waals surface area contributed by atoms with E-state index in [4.69, 9.17) is 4.74 Å². The van der Waals surface area contributed by atoms with Gasteiger partial charge in [-0.05, 0) is 43.7 Å². The predicted molar refractivity (Wildman–Crippen MR) is 122 cm³/mol. The molecule has 3 aromatic rings. The summed E-state index contributed by atoms with van der Waals surface area (Å²) in [5.41, 5.74) is 1.66. The topological polar surface area (TPSA) is 73.5 Å². The maximum absolute atomic E-state index is 14.5. The Morgan fingerprint density at radius 1 is 1.25 bits per heavy atom. The molecule has 1 saturated carbocycles. The van der Waals surface area contributed by atoms with E-state index >= 15 is 0 Å². The third-order valence-electron chi connectivity index (χ3n) is 6.60. The molecule has 5 rings (SSSR count). The Morgan fingerprint density at radius 2 is 2.06 bits per heavy atom. The van der Waals surface area contributed by atoms with Gasteiger partial charge in [0.1, 0.15) is 23.0 Å². The van der Waals surface area contributed by atoms with E-state index in [1.807, 2.05) is 6.07 Å². The molecule has 1 amide bonds. The summed E-state index contributed by atoms with van der Waals surface area (Å²) < 4.78 is 19.9. The van der Waals surface area contributed by atoms with Gasteiger partial charge >= 0.3 is 0 Å². The lowest BCUT2D eigenvalue weighted by molar-refractivity contribution is -0.117. The molecule has 2 fully saturated rings. The predicted octanol–water partition coefficient (Wildman–Crippen LogP) is 3.20. The quantitative estimate of drug-likeness (QED) is 0.620. The average Bonchev–Trinajstić information content (AvgIpc) is 3.44. The van der Waals surface area contributed by atoms with E-state index < -0.39 is 0 Å². The van der Waals surface area contributed by atoms with Gasteiger partial charge in [-0.25, -0.2) is 9.37 Å². The van der Waals surface area contributed by atoms with E-state index in [0.717, 1.165) is 44.5 Å².